The molecule has 1 aromatic rings. The van der Waals surface area contributed by atoms with Gasteiger partial charge in [-0.1, -0.05) is 6.92 Å². The number of hydrogen-bond acceptors (Lipinski definition) is 4. The molecule has 106 valence electrons. The van der Waals surface area contributed by atoms with E-state index in [0.717, 1.165) is 5.56 Å². The third kappa shape index (κ3) is 3.61. The van der Waals surface area contributed by atoms with E-state index < -0.39 is 5.92 Å². The Morgan fingerprint density at radius 2 is 1.95 bits per heavy atom. The Morgan fingerprint density at radius 1 is 1.32 bits per heavy atom. The summed E-state index contributed by atoms with van der Waals surface area (Å²) >= 11 is 0. The Labute approximate surface area is 113 Å². The number of amides is 1. The summed E-state index contributed by atoms with van der Waals surface area (Å²) in [5.74, 6) is 0.596. The number of carbonyl (C=O) groups is 1. The van der Waals surface area contributed by atoms with Gasteiger partial charge in [-0.3, -0.25) is 4.79 Å². The van der Waals surface area contributed by atoms with Gasteiger partial charge in [0.05, 0.1) is 32.4 Å². The lowest BCUT2D eigenvalue weighted by molar-refractivity contribution is -0.121. The number of aliphatic hydroxyl groups excluding tert-OH is 1. The van der Waals surface area contributed by atoms with Gasteiger partial charge in [-0.05, 0) is 25.0 Å². The molecule has 0 aliphatic carbocycles. The van der Waals surface area contributed by atoms with Crippen molar-refractivity contribution in [3.05, 3.63) is 17.7 Å². The van der Waals surface area contributed by atoms with E-state index in [9.17, 15) is 4.79 Å². The fourth-order valence-corrected chi connectivity index (χ4v) is 1.78. The highest BCUT2D eigenvalue weighted by atomic mass is 16.5. The van der Waals surface area contributed by atoms with Crippen molar-refractivity contribution in [3.63, 3.8) is 0 Å². The maximum Gasteiger partial charge on any atom is 0.229 e. The second-order valence-electron chi connectivity index (χ2n) is 4.30. The van der Waals surface area contributed by atoms with Crippen LogP contribution in [0.4, 0.5) is 5.69 Å². The number of aliphatic hydroxyl groups is 1. The molecule has 5 heteroatoms. The molecule has 0 saturated carbocycles. The molecule has 5 nitrogen and oxygen atoms in total. The zero-order chi connectivity index (χ0) is 14.4. The maximum absolute atomic E-state index is 12.0. The average Bonchev–Trinajstić information content (AvgIpc) is 2.41. The summed E-state index contributed by atoms with van der Waals surface area (Å²) < 4.78 is 10.5. The minimum atomic E-state index is -0.419. The van der Waals surface area contributed by atoms with Gasteiger partial charge in [0.25, 0.3) is 0 Å². The Kier molecular flexibility index (Phi) is 5.63. The first-order valence-electron chi connectivity index (χ1n) is 6.21. The molecule has 1 amide bonds. The van der Waals surface area contributed by atoms with Gasteiger partial charge in [0.2, 0.25) is 5.91 Å². The summed E-state index contributed by atoms with van der Waals surface area (Å²) in [6.45, 7) is 3.58. The topological polar surface area (TPSA) is 67.8 Å². The van der Waals surface area contributed by atoms with Gasteiger partial charge in [0.1, 0.15) is 11.5 Å². The van der Waals surface area contributed by atoms with Gasteiger partial charge in [-0.2, -0.15) is 0 Å². The largest absolute Gasteiger partial charge is 0.496 e. The molecule has 0 bridgehead atoms. The fraction of sp³-hybridized carbons (Fsp3) is 0.500. The van der Waals surface area contributed by atoms with E-state index in [1.807, 2.05) is 13.8 Å². The number of rotatable bonds is 6. The second-order valence-corrected chi connectivity index (χ2v) is 4.30. The van der Waals surface area contributed by atoms with Crippen molar-refractivity contribution in [1.82, 2.24) is 0 Å². The van der Waals surface area contributed by atoms with Crippen LogP contribution in [-0.2, 0) is 4.79 Å². The number of methoxy groups -OCH3 is 2. The minimum absolute atomic E-state index is 0.173. The van der Waals surface area contributed by atoms with Crippen molar-refractivity contribution >= 4 is 11.6 Å². The van der Waals surface area contributed by atoms with E-state index >= 15 is 0 Å². The molecular formula is C14H21NO4. The monoisotopic (exact) mass is 267 g/mol. The molecular weight excluding hydrogens is 246 g/mol. The SMILES string of the molecule is CCC(CO)C(=O)Nc1cc(OC)c(C)cc1OC. The van der Waals surface area contributed by atoms with Gasteiger partial charge < -0.3 is 19.9 Å². The van der Waals surface area contributed by atoms with Gasteiger partial charge in [-0.25, -0.2) is 0 Å². The number of anilines is 1. The van der Waals surface area contributed by atoms with E-state index in [0.29, 0.717) is 23.6 Å². The number of aryl methyl sites for hydroxylation is 1. The van der Waals surface area contributed by atoms with E-state index in [1.165, 1.54) is 0 Å². The van der Waals surface area contributed by atoms with Crippen molar-refractivity contribution in [2.45, 2.75) is 20.3 Å². The molecule has 2 N–H and O–H groups in total. The molecule has 0 fully saturated rings. The van der Waals surface area contributed by atoms with Gasteiger partial charge in [0, 0.05) is 6.07 Å². The highest BCUT2D eigenvalue weighted by molar-refractivity contribution is 5.94. The summed E-state index contributed by atoms with van der Waals surface area (Å²) in [5, 5.41) is 11.9. The van der Waals surface area contributed by atoms with Crippen LogP contribution in [0.15, 0.2) is 12.1 Å². The normalized spacial score (nSPS) is 11.8. The summed E-state index contributed by atoms with van der Waals surface area (Å²) in [4.78, 5) is 12.0. The van der Waals surface area contributed by atoms with Crippen LogP contribution in [0.25, 0.3) is 0 Å². The summed E-state index contributed by atoms with van der Waals surface area (Å²) in [6, 6.07) is 3.52. The van der Waals surface area contributed by atoms with Crippen LogP contribution in [0.3, 0.4) is 0 Å². The van der Waals surface area contributed by atoms with Crippen molar-refractivity contribution in [3.8, 4) is 11.5 Å². The molecule has 0 saturated heterocycles. The zero-order valence-electron chi connectivity index (χ0n) is 11.8. The molecule has 0 aliphatic rings. The smallest absolute Gasteiger partial charge is 0.229 e. The second kappa shape index (κ2) is 6.99. The molecule has 0 spiro atoms. The first-order valence-corrected chi connectivity index (χ1v) is 6.21. The van der Waals surface area contributed by atoms with Crippen LogP contribution >= 0.6 is 0 Å². The van der Waals surface area contributed by atoms with Crippen molar-refractivity contribution in [2.75, 3.05) is 26.1 Å². The van der Waals surface area contributed by atoms with Crippen molar-refractivity contribution < 1.29 is 19.4 Å². The van der Waals surface area contributed by atoms with Crippen molar-refractivity contribution in [2.24, 2.45) is 5.92 Å². The lowest BCUT2D eigenvalue weighted by Gasteiger charge is -2.16. The van der Waals surface area contributed by atoms with Gasteiger partial charge in [-0.15, -0.1) is 0 Å². The van der Waals surface area contributed by atoms with Crippen LogP contribution in [0.1, 0.15) is 18.9 Å². The summed E-state index contributed by atoms with van der Waals surface area (Å²) in [7, 11) is 3.11. The Bertz CT molecular complexity index is 441. The molecule has 0 aromatic heterocycles. The molecule has 0 aliphatic heterocycles. The Hall–Kier alpha value is -1.75. The predicted octanol–water partition coefficient (Wildman–Crippen LogP) is 1.97. The number of ether oxygens (including phenoxy) is 2. The average molecular weight is 267 g/mol. The number of benzene rings is 1. The molecule has 1 rings (SSSR count). The lowest BCUT2D eigenvalue weighted by Crippen LogP contribution is -2.25. The van der Waals surface area contributed by atoms with Crippen LogP contribution in [-0.4, -0.2) is 31.8 Å². The van der Waals surface area contributed by atoms with E-state index in [4.69, 9.17) is 14.6 Å². The molecule has 1 atom stereocenters. The molecule has 1 aromatic carbocycles. The van der Waals surface area contributed by atoms with Crippen LogP contribution in [0.2, 0.25) is 0 Å². The number of hydrogen-bond donors (Lipinski definition) is 2. The highest BCUT2D eigenvalue weighted by Crippen LogP contribution is 2.32. The van der Waals surface area contributed by atoms with E-state index in [1.54, 1.807) is 26.4 Å². The van der Waals surface area contributed by atoms with Gasteiger partial charge in [0.15, 0.2) is 0 Å². The number of nitrogens with one attached hydrogen (secondary N) is 1. The standard InChI is InChI=1S/C14H21NO4/c1-5-10(8-16)14(17)15-11-7-12(18-3)9(2)6-13(11)19-4/h6-7,10,16H,5,8H2,1-4H3,(H,15,17). The number of carbonyl (C=O) groups excluding carboxylic acids is 1. The molecule has 1 unspecified atom stereocenters. The minimum Gasteiger partial charge on any atom is -0.496 e. The third-order valence-electron chi connectivity index (χ3n) is 3.06. The summed E-state index contributed by atoms with van der Waals surface area (Å²) in [5.41, 5.74) is 1.47. The fourth-order valence-electron chi connectivity index (χ4n) is 1.78. The van der Waals surface area contributed by atoms with Crippen LogP contribution in [0, 0.1) is 12.8 Å². The van der Waals surface area contributed by atoms with Crippen LogP contribution < -0.4 is 14.8 Å². The zero-order valence-corrected chi connectivity index (χ0v) is 11.8. The first-order chi connectivity index (χ1) is 9.07. The van der Waals surface area contributed by atoms with Crippen LogP contribution in [0.5, 0.6) is 11.5 Å². The Morgan fingerprint density at radius 3 is 2.42 bits per heavy atom. The molecule has 19 heavy (non-hydrogen) atoms. The first kappa shape index (κ1) is 15.3. The van der Waals surface area contributed by atoms with Gasteiger partial charge >= 0.3 is 0 Å². The maximum atomic E-state index is 12.0. The summed E-state index contributed by atoms with van der Waals surface area (Å²) in [6.07, 6.45) is 0.577. The van der Waals surface area contributed by atoms with E-state index in [-0.39, 0.29) is 12.5 Å². The quantitative estimate of drug-likeness (QED) is 0.827. The third-order valence-corrected chi connectivity index (χ3v) is 3.06. The predicted molar refractivity (Wildman–Crippen MR) is 73.8 cm³/mol. The van der Waals surface area contributed by atoms with E-state index in [2.05, 4.69) is 5.32 Å². The molecule has 0 heterocycles. The highest BCUT2D eigenvalue weighted by Gasteiger charge is 2.18. The lowest BCUT2D eigenvalue weighted by atomic mass is 10.1. The Balaban J connectivity index is 3.02. The molecule has 0 radical (unpaired) electrons. The van der Waals surface area contributed by atoms with Crippen molar-refractivity contribution in [1.29, 1.82) is 0 Å².